The summed E-state index contributed by atoms with van der Waals surface area (Å²) in [6, 6.07) is 6.58. The van der Waals surface area contributed by atoms with E-state index in [4.69, 9.17) is 10.5 Å². The average Bonchev–Trinajstić information content (AvgIpc) is 2.24. The molecule has 0 spiro atoms. The van der Waals surface area contributed by atoms with Gasteiger partial charge in [-0.1, -0.05) is 19.1 Å². The maximum Gasteiger partial charge on any atom is 0.426 e. The molecule has 2 N–H and O–H groups in total. The molecular formula is C11H14F3NO. The first-order valence-electron chi connectivity index (χ1n) is 4.99. The van der Waals surface area contributed by atoms with Crippen LogP contribution >= 0.6 is 0 Å². The molecule has 1 unspecified atom stereocenters. The molecule has 0 heterocycles. The predicted molar refractivity (Wildman–Crippen MR) is 55.3 cm³/mol. The van der Waals surface area contributed by atoms with Crippen LogP contribution < -0.4 is 10.5 Å². The van der Waals surface area contributed by atoms with Crippen LogP contribution in [-0.2, 0) is 6.42 Å². The Kier molecular flexibility index (Phi) is 4.18. The molecule has 90 valence electrons. The van der Waals surface area contributed by atoms with Gasteiger partial charge in [-0.3, -0.25) is 0 Å². The van der Waals surface area contributed by atoms with Crippen molar-refractivity contribution in [3.63, 3.8) is 0 Å². The van der Waals surface area contributed by atoms with Gasteiger partial charge in [0.1, 0.15) is 5.75 Å². The minimum Gasteiger partial charge on any atom is -0.480 e. The summed E-state index contributed by atoms with van der Waals surface area (Å²) in [6.45, 7) is 1.34. The lowest BCUT2D eigenvalue weighted by Gasteiger charge is -2.20. The van der Waals surface area contributed by atoms with Crippen LogP contribution in [0.5, 0.6) is 5.75 Å². The number of hydrogen-bond donors (Lipinski definition) is 1. The summed E-state index contributed by atoms with van der Waals surface area (Å²) in [5.41, 5.74) is 5.96. The molecule has 1 aromatic rings. The second-order valence-electron chi connectivity index (χ2n) is 3.38. The fourth-order valence-corrected chi connectivity index (χ4v) is 1.25. The Bertz CT molecular complexity index is 338. The largest absolute Gasteiger partial charge is 0.480 e. The quantitative estimate of drug-likeness (QED) is 0.867. The molecule has 1 atom stereocenters. The van der Waals surface area contributed by atoms with Crippen molar-refractivity contribution in [1.82, 2.24) is 0 Å². The Morgan fingerprint density at radius 2 is 2.06 bits per heavy atom. The molecule has 0 fully saturated rings. The SMILES string of the molecule is CCc1cccc(OC(CN)C(F)(F)F)c1. The Balaban J connectivity index is 2.78. The highest BCUT2D eigenvalue weighted by atomic mass is 19.4. The van der Waals surface area contributed by atoms with E-state index in [0.29, 0.717) is 0 Å². The Labute approximate surface area is 92.2 Å². The smallest absolute Gasteiger partial charge is 0.426 e. The van der Waals surface area contributed by atoms with Gasteiger partial charge in [0.15, 0.2) is 0 Å². The zero-order valence-corrected chi connectivity index (χ0v) is 8.92. The van der Waals surface area contributed by atoms with E-state index in [1.807, 2.05) is 13.0 Å². The summed E-state index contributed by atoms with van der Waals surface area (Å²) in [5, 5.41) is 0. The van der Waals surface area contributed by atoms with Crippen molar-refractivity contribution in [2.75, 3.05) is 6.54 Å². The summed E-state index contributed by atoms with van der Waals surface area (Å²) < 4.78 is 42.0. The first-order chi connectivity index (χ1) is 7.47. The van der Waals surface area contributed by atoms with Crippen LogP contribution in [0.1, 0.15) is 12.5 Å². The monoisotopic (exact) mass is 233 g/mol. The predicted octanol–water partition coefficient (Wildman–Crippen LogP) is 2.52. The zero-order valence-electron chi connectivity index (χ0n) is 8.92. The van der Waals surface area contributed by atoms with Crippen molar-refractivity contribution < 1.29 is 17.9 Å². The molecule has 0 aromatic heterocycles. The van der Waals surface area contributed by atoms with Gasteiger partial charge in [-0.05, 0) is 24.1 Å². The number of alkyl halides is 3. The van der Waals surface area contributed by atoms with Crippen LogP contribution in [-0.4, -0.2) is 18.8 Å². The standard InChI is InChI=1S/C11H14F3NO/c1-2-8-4-3-5-9(6-8)16-10(7-15)11(12,13)14/h3-6,10H,2,7,15H2,1H3. The van der Waals surface area contributed by atoms with Crippen molar-refractivity contribution in [2.45, 2.75) is 25.6 Å². The Hall–Kier alpha value is -1.23. The molecule has 16 heavy (non-hydrogen) atoms. The highest BCUT2D eigenvalue weighted by Gasteiger charge is 2.40. The van der Waals surface area contributed by atoms with Gasteiger partial charge in [-0.15, -0.1) is 0 Å². The minimum atomic E-state index is -4.43. The number of benzene rings is 1. The second-order valence-corrected chi connectivity index (χ2v) is 3.38. The van der Waals surface area contributed by atoms with Crippen LogP contribution in [0.2, 0.25) is 0 Å². The number of nitrogens with two attached hydrogens (primary N) is 1. The van der Waals surface area contributed by atoms with Crippen LogP contribution in [0.4, 0.5) is 13.2 Å². The van der Waals surface area contributed by atoms with E-state index in [2.05, 4.69) is 0 Å². The topological polar surface area (TPSA) is 35.2 Å². The highest BCUT2D eigenvalue weighted by Crippen LogP contribution is 2.25. The van der Waals surface area contributed by atoms with E-state index in [1.54, 1.807) is 12.1 Å². The van der Waals surface area contributed by atoms with E-state index in [-0.39, 0.29) is 5.75 Å². The van der Waals surface area contributed by atoms with Gasteiger partial charge in [0.05, 0.1) is 0 Å². The number of rotatable bonds is 4. The van der Waals surface area contributed by atoms with Crippen LogP contribution in [0, 0.1) is 0 Å². The van der Waals surface area contributed by atoms with Crippen LogP contribution in [0.15, 0.2) is 24.3 Å². The van der Waals surface area contributed by atoms with Gasteiger partial charge in [0.2, 0.25) is 6.10 Å². The number of ether oxygens (including phenoxy) is 1. The molecule has 0 amide bonds. The van der Waals surface area contributed by atoms with Crippen LogP contribution in [0.25, 0.3) is 0 Å². The van der Waals surface area contributed by atoms with Crippen molar-refractivity contribution in [2.24, 2.45) is 5.73 Å². The lowest BCUT2D eigenvalue weighted by atomic mass is 10.2. The van der Waals surface area contributed by atoms with Gasteiger partial charge in [0, 0.05) is 6.54 Å². The third-order valence-electron chi connectivity index (χ3n) is 2.16. The summed E-state index contributed by atoms with van der Waals surface area (Å²) in [6.07, 6.45) is -5.63. The first-order valence-corrected chi connectivity index (χ1v) is 4.99. The zero-order chi connectivity index (χ0) is 12.2. The first kappa shape index (κ1) is 12.8. The van der Waals surface area contributed by atoms with Crippen molar-refractivity contribution in [3.05, 3.63) is 29.8 Å². The third kappa shape index (κ3) is 3.41. The summed E-state index contributed by atoms with van der Waals surface area (Å²) >= 11 is 0. The van der Waals surface area contributed by atoms with Gasteiger partial charge >= 0.3 is 6.18 Å². The van der Waals surface area contributed by atoms with E-state index in [9.17, 15) is 13.2 Å². The van der Waals surface area contributed by atoms with Gasteiger partial charge in [-0.25, -0.2) is 0 Å². The van der Waals surface area contributed by atoms with Crippen molar-refractivity contribution in [1.29, 1.82) is 0 Å². The van der Waals surface area contributed by atoms with Crippen LogP contribution in [0.3, 0.4) is 0 Å². The summed E-state index contributed by atoms with van der Waals surface area (Å²) in [7, 11) is 0. The van der Waals surface area contributed by atoms with Gasteiger partial charge in [0.25, 0.3) is 0 Å². The summed E-state index contributed by atoms with van der Waals surface area (Å²) in [5.74, 6) is 0.201. The fraction of sp³-hybridized carbons (Fsp3) is 0.455. The molecule has 1 rings (SSSR count). The fourth-order valence-electron chi connectivity index (χ4n) is 1.25. The molecule has 0 aliphatic carbocycles. The number of hydrogen-bond acceptors (Lipinski definition) is 2. The molecule has 0 saturated heterocycles. The molecule has 0 radical (unpaired) electrons. The Morgan fingerprint density at radius 3 is 2.56 bits per heavy atom. The van der Waals surface area contributed by atoms with E-state index in [0.717, 1.165) is 12.0 Å². The molecule has 0 aliphatic rings. The van der Waals surface area contributed by atoms with E-state index < -0.39 is 18.8 Å². The van der Waals surface area contributed by atoms with Gasteiger partial charge < -0.3 is 10.5 Å². The molecule has 5 heteroatoms. The maximum absolute atomic E-state index is 12.4. The number of aryl methyl sites for hydroxylation is 1. The van der Waals surface area contributed by atoms with Crippen molar-refractivity contribution >= 4 is 0 Å². The van der Waals surface area contributed by atoms with E-state index in [1.165, 1.54) is 6.07 Å². The molecule has 0 aliphatic heterocycles. The van der Waals surface area contributed by atoms with Gasteiger partial charge in [-0.2, -0.15) is 13.2 Å². The van der Waals surface area contributed by atoms with E-state index >= 15 is 0 Å². The molecular weight excluding hydrogens is 219 g/mol. The molecule has 1 aromatic carbocycles. The lowest BCUT2D eigenvalue weighted by molar-refractivity contribution is -0.191. The molecule has 0 saturated carbocycles. The molecule has 0 bridgehead atoms. The second kappa shape index (κ2) is 5.21. The normalized spacial score (nSPS) is 13.6. The van der Waals surface area contributed by atoms with Crippen molar-refractivity contribution in [3.8, 4) is 5.75 Å². The summed E-state index contributed by atoms with van der Waals surface area (Å²) in [4.78, 5) is 0. The highest BCUT2D eigenvalue weighted by molar-refractivity contribution is 5.28. The lowest BCUT2D eigenvalue weighted by Crippen LogP contribution is -2.40. The maximum atomic E-state index is 12.4. The minimum absolute atomic E-state index is 0.201. The third-order valence-corrected chi connectivity index (χ3v) is 2.16. The number of halogens is 3. The average molecular weight is 233 g/mol. The molecule has 2 nitrogen and oxygen atoms in total. The Morgan fingerprint density at radius 1 is 1.38 bits per heavy atom.